The summed E-state index contributed by atoms with van der Waals surface area (Å²) >= 11 is 0. The van der Waals surface area contributed by atoms with E-state index < -0.39 is 22.5 Å². The van der Waals surface area contributed by atoms with Crippen LogP contribution in [-0.4, -0.2) is 38.3 Å². The quantitative estimate of drug-likeness (QED) is 0.850. The third-order valence-electron chi connectivity index (χ3n) is 3.16. The Labute approximate surface area is 133 Å². The minimum absolute atomic E-state index is 0.103. The zero-order valence-corrected chi connectivity index (χ0v) is 13.6. The van der Waals surface area contributed by atoms with Crippen LogP contribution < -0.4 is 9.04 Å². The number of aromatic nitrogens is 1. The van der Waals surface area contributed by atoms with E-state index in [4.69, 9.17) is 14.4 Å². The Balaban J connectivity index is 2.55. The second kappa shape index (κ2) is 6.29. The van der Waals surface area contributed by atoms with E-state index in [1.165, 1.54) is 33.1 Å². The van der Waals surface area contributed by atoms with Gasteiger partial charge in [0.15, 0.2) is 10.7 Å². The number of nitrogens with zero attached hydrogens (tertiary/aromatic N) is 2. The summed E-state index contributed by atoms with van der Waals surface area (Å²) in [5.74, 6) is -0.652. The molecule has 9 heteroatoms. The minimum atomic E-state index is -4.13. The lowest BCUT2D eigenvalue weighted by atomic mass is 10.3. The van der Waals surface area contributed by atoms with Crippen molar-refractivity contribution in [3.63, 3.8) is 0 Å². The third-order valence-corrected chi connectivity index (χ3v) is 5.17. The fourth-order valence-corrected chi connectivity index (χ4v) is 3.85. The average Bonchev–Trinajstić information content (AvgIpc) is 2.84. The number of hydrogen-bond acceptors (Lipinski definition) is 6. The van der Waals surface area contributed by atoms with Crippen LogP contribution in [0.25, 0.3) is 0 Å². The van der Waals surface area contributed by atoms with E-state index in [0.717, 1.165) is 4.31 Å². The number of anilines is 1. The molecular weight excluding hydrogens is 324 g/mol. The molecule has 2 rings (SSSR count). The first-order valence-corrected chi connectivity index (χ1v) is 8.03. The number of carboxylic acid groups (broad SMARTS) is 1. The second-order valence-electron chi connectivity index (χ2n) is 4.76. The summed E-state index contributed by atoms with van der Waals surface area (Å²) in [5.41, 5.74) is 0.375. The van der Waals surface area contributed by atoms with Crippen molar-refractivity contribution in [2.45, 2.75) is 18.7 Å². The highest BCUT2D eigenvalue weighted by Crippen LogP contribution is 2.28. The van der Waals surface area contributed by atoms with Crippen LogP contribution in [0.3, 0.4) is 0 Å². The first kappa shape index (κ1) is 16.8. The number of carbonyl (C=O) groups is 1. The van der Waals surface area contributed by atoms with Crippen LogP contribution in [0.5, 0.6) is 5.75 Å². The Bertz CT molecular complexity index is 791. The maximum Gasteiger partial charge on any atom is 0.324 e. The van der Waals surface area contributed by atoms with Crippen molar-refractivity contribution in [1.29, 1.82) is 0 Å². The molecule has 0 aliphatic heterocycles. The Morgan fingerprint density at radius 1 is 1.30 bits per heavy atom. The Morgan fingerprint density at radius 2 is 1.91 bits per heavy atom. The molecular formula is C14H16N2O6S. The van der Waals surface area contributed by atoms with Gasteiger partial charge in [0.05, 0.1) is 12.8 Å². The van der Waals surface area contributed by atoms with Gasteiger partial charge < -0.3 is 14.4 Å². The SMILES string of the molecule is COc1ccc(N(CC(=O)O)S(=O)(=O)c2c(C)noc2C)cc1. The van der Waals surface area contributed by atoms with Crippen LogP contribution in [0.15, 0.2) is 33.7 Å². The molecule has 1 aromatic carbocycles. The van der Waals surface area contributed by atoms with Crippen LogP contribution >= 0.6 is 0 Å². The molecule has 0 fully saturated rings. The highest BCUT2D eigenvalue weighted by atomic mass is 32.2. The van der Waals surface area contributed by atoms with E-state index in [9.17, 15) is 13.2 Å². The molecule has 0 bridgehead atoms. The number of benzene rings is 1. The zero-order valence-electron chi connectivity index (χ0n) is 12.8. The molecule has 0 unspecified atom stereocenters. The van der Waals surface area contributed by atoms with E-state index in [1.807, 2.05) is 0 Å². The van der Waals surface area contributed by atoms with Gasteiger partial charge in [0.25, 0.3) is 10.0 Å². The predicted molar refractivity (Wildman–Crippen MR) is 81.1 cm³/mol. The molecule has 1 heterocycles. The molecule has 0 radical (unpaired) electrons. The van der Waals surface area contributed by atoms with Crippen molar-refractivity contribution in [2.24, 2.45) is 0 Å². The molecule has 124 valence electrons. The van der Waals surface area contributed by atoms with Crippen molar-refractivity contribution < 1.29 is 27.6 Å². The van der Waals surface area contributed by atoms with Crippen LogP contribution in [0.1, 0.15) is 11.5 Å². The van der Waals surface area contributed by atoms with E-state index in [1.54, 1.807) is 12.1 Å². The van der Waals surface area contributed by atoms with Crippen molar-refractivity contribution in [2.75, 3.05) is 18.0 Å². The highest BCUT2D eigenvalue weighted by Gasteiger charge is 2.32. The summed E-state index contributed by atoms with van der Waals surface area (Å²) in [6.07, 6.45) is 0. The first-order valence-electron chi connectivity index (χ1n) is 6.59. The number of ether oxygens (including phenoxy) is 1. The summed E-state index contributed by atoms with van der Waals surface area (Å²) in [6.45, 7) is 2.22. The van der Waals surface area contributed by atoms with Gasteiger partial charge in [-0.3, -0.25) is 9.10 Å². The molecule has 0 atom stereocenters. The van der Waals surface area contributed by atoms with Gasteiger partial charge in [-0.15, -0.1) is 0 Å². The van der Waals surface area contributed by atoms with Crippen molar-refractivity contribution >= 4 is 21.7 Å². The molecule has 0 aliphatic carbocycles. The van der Waals surface area contributed by atoms with Crippen LogP contribution in [0.2, 0.25) is 0 Å². The monoisotopic (exact) mass is 340 g/mol. The number of aryl methyl sites for hydroxylation is 2. The standard InChI is InChI=1S/C14H16N2O6S/c1-9-14(10(2)22-15-9)23(19,20)16(8-13(17)18)11-4-6-12(21-3)7-5-11/h4-7H,8H2,1-3H3,(H,17,18). The fourth-order valence-electron chi connectivity index (χ4n) is 2.14. The summed E-state index contributed by atoms with van der Waals surface area (Å²) in [6, 6.07) is 6.04. The molecule has 1 N–H and O–H groups in total. The maximum absolute atomic E-state index is 12.9. The lowest BCUT2D eigenvalue weighted by Crippen LogP contribution is -2.36. The third kappa shape index (κ3) is 3.29. The molecule has 0 saturated carbocycles. The fraction of sp³-hybridized carbons (Fsp3) is 0.286. The molecule has 0 spiro atoms. The molecule has 0 saturated heterocycles. The van der Waals surface area contributed by atoms with Gasteiger partial charge in [0.1, 0.15) is 18.0 Å². The number of aliphatic carboxylic acids is 1. The summed E-state index contributed by atoms with van der Waals surface area (Å²) in [5, 5.41) is 12.7. The van der Waals surface area contributed by atoms with E-state index in [0.29, 0.717) is 5.75 Å². The Kier molecular flexibility index (Phi) is 4.60. The molecule has 8 nitrogen and oxygen atoms in total. The summed E-state index contributed by atoms with van der Waals surface area (Å²) in [7, 11) is -2.65. The second-order valence-corrected chi connectivity index (χ2v) is 6.56. The van der Waals surface area contributed by atoms with Crippen LogP contribution in [0, 0.1) is 13.8 Å². The smallest absolute Gasteiger partial charge is 0.324 e. The minimum Gasteiger partial charge on any atom is -0.497 e. The van der Waals surface area contributed by atoms with E-state index >= 15 is 0 Å². The topological polar surface area (TPSA) is 110 Å². The summed E-state index contributed by atoms with van der Waals surface area (Å²) in [4.78, 5) is 11.0. The van der Waals surface area contributed by atoms with E-state index in [2.05, 4.69) is 5.16 Å². The van der Waals surface area contributed by atoms with Crippen LogP contribution in [-0.2, 0) is 14.8 Å². The lowest BCUT2D eigenvalue weighted by Gasteiger charge is -2.22. The van der Waals surface area contributed by atoms with E-state index in [-0.39, 0.29) is 22.0 Å². The number of carboxylic acids is 1. The zero-order chi connectivity index (χ0) is 17.2. The van der Waals surface area contributed by atoms with Crippen molar-refractivity contribution in [3.05, 3.63) is 35.7 Å². The first-order chi connectivity index (χ1) is 10.8. The maximum atomic E-state index is 12.9. The molecule has 23 heavy (non-hydrogen) atoms. The number of sulfonamides is 1. The van der Waals surface area contributed by atoms with Crippen molar-refractivity contribution in [1.82, 2.24) is 5.16 Å². The normalized spacial score (nSPS) is 11.3. The predicted octanol–water partition coefficient (Wildman–Crippen LogP) is 1.58. The number of methoxy groups -OCH3 is 1. The average molecular weight is 340 g/mol. The number of hydrogen-bond donors (Lipinski definition) is 1. The lowest BCUT2D eigenvalue weighted by molar-refractivity contribution is -0.135. The van der Waals surface area contributed by atoms with Crippen LogP contribution in [0.4, 0.5) is 5.69 Å². The van der Waals surface area contributed by atoms with Gasteiger partial charge in [-0.25, -0.2) is 8.42 Å². The Hall–Kier alpha value is -2.55. The molecule has 2 aromatic rings. The van der Waals surface area contributed by atoms with Gasteiger partial charge in [-0.1, -0.05) is 5.16 Å². The number of rotatable bonds is 6. The van der Waals surface area contributed by atoms with Crippen molar-refractivity contribution in [3.8, 4) is 5.75 Å². The van der Waals surface area contributed by atoms with Gasteiger partial charge in [0, 0.05) is 0 Å². The van der Waals surface area contributed by atoms with Gasteiger partial charge >= 0.3 is 5.97 Å². The van der Waals surface area contributed by atoms with Gasteiger partial charge in [0.2, 0.25) is 0 Å². The van der Waals surface area contributed by atoms with Gasteiger partial charge in [-0.2, -0.15) is 0 Å². The summed E-state index contributed by atoms with van der Waals surface area (Å²) < 4.78 is 36.4. The largest absolute Gasteiger partial charge is 0.497 e. The Morgan fingerprint density at radius 3 is 2.35 bits per heavy atom. The molecule has 1 aromatic heterocycles. The molecule has 0 aliphatic rings. The molecule has 0 amide bonds. The highest BCUT2D eigenvalue weighted by molar-refractivity contribution is 7.93. The van der Waals surface area contributed by atoms with Gasteiger partial charge in [-0.05, 0) is 38.1 Å².